The average Bonchev–Trinajstić information content (AvgIpc) is 2.70. The van der Waals surface area contributed by atoms with Crippen LogP contribution in [0.25, 0.3) is 0 Å². The van der Waals surface area contributed by atoms with Gasteiger partial charge < -0.3 is 5.32 Å². The Morgan fingerprint density at radius 3 is 2.76 bits per heavy atom. The second kappa shape index (κ2) is 5.38. The van der Waals surface area contributed by atoms with Crippen LogP contribution in [0.4, 0.5) is 5.69 Å². The molecule has 1 nitrogen and oxygen atoms in total. The number of aryl methyl sites for hydroxylation is 1. The second-order valence-electron chi connectivity index (χ2n) is 6.64. The van der Waals surface area contributed by atoms with Gasteiger partial charge in [-0.05, 0) is 59.2 Å². The van der Waals surface area contributed by atoms with E-state index < -0.39 is 0 Å². The average molecular weight is 300 g/mol. The van der Waals surface area contributed by atoms with Crippen molar-refractivity contribution < 1.29 is 0 Å². The molecule has 0 spiro atoms. The molecule has 0 aliphatic heterocycles. The van der Waals surface area contributed by atoms with E-state index in [2.05, 4.69) is 62.5 Å². The van der Waals surface area contributed by atoms with Gasteiger partial charge in [0.05, 0.1) is 6.04 Å². The molecule has 2 aromatic carbocycles. The number of nitrogens with one attached hydrogen (secondary N) is 1. The van der Waals surface area contributed by atoms with E-state index in [0.29, 0.717) is 6.04 Å². The summed E-state index contributed by atoms with van der Waals surface area (Å²) in [4.78, 5) is 0. The molecule has 1 N–H and O–H groups in total. The number of benzene rings is 2. The quantitative estimate of drug-likeness (QED) is 0.773. The van der Waals surface area contributed by atoms with Gasteiger partial charge in [0.1, 0.15) is 0 Å². The van der Waals surface area contributed by atoms with E-state index in [1.54, 1.807) is 0 Å². The third kappa shape index (κ3) is 2.80. The number of anilines is 1. The van der Waals surface area contributed by atoms with E-state index in [1.807, 2.05) is 6.07 Å². The number of halogens is 1. The summed E-state index contributed by atoms with van der Waals surface area (Å²) < 4.78 is 0. The smallest absolute Gasteiger partial charge is 0.0571 e. The molecule has 0 fully saturated rings. The van der Waals surface area contributed by atoms with Crippen LogP contribution >= 0.6 is 11.6 Å². The predicted molar refractivity (Wildman–Crippen MR) is 91.1 cm³/mol. The van der Waals surface area contributed by atoms with E-state index in [1.165, 1.54) is 22.4 Å². The molecule has 1 atom stereocenters. The zero-order valence-electron chi connectivity index (χ0n) is 12.9. The second-order valence-corrected chi connectivity index (χ2v) is 7.08. The van der Waals surface area contributed by atoms with Crippen LogP contribution in [0.2, 0.25) is 5.02 Å². The molecule has 2 heteroatoms. The van der Waals surface area contributed by atoms with Gasteiger partial charge in [0.2, 0.25) is 0 Å². The van der Waals surface area contributed by atoms with E-state index in [4.69, 9.17) is 11.6 Å². The fourth-order valence-electron chi connectivity index (χ4n) is 3.33. The van der Waals surface area contributed by atoms with Crippen molar-refractivity contribution in [3.8, 4) is 0 Å². The largest absolute Gasteiger partial charge is 0.378 e. The van der Waals surface area contributed by atoms with Gasteiger partial charge in [-0.1, -0.05) is 50.6 Å². The molecule has 1 aliphatic rings. The Balaban J connectivity index is 1.95. The molecule has 0 saturated heterocycles. The lowest BCUT2D eigenvalue weighted by molar-refractivity contribution is 0.337. The summed E-state index contributed by atoms with van der Waals surface area (Å²) in [5.74, 6) is 0. The monoisotopic (exact) mass is 299 g/mol. The van der Waals surface area contributed by atoms with Gasteiger partial charge >= 0.3 is 0 Å². The maximum absolute atomic E-state index is 6.20. The summed E-state index contributed by atoms with van der Waals surface area (Å²) in [5.41, 5.74) is 5.50. The molecule has 21 heavy (non-hydrogen) atoms. The Kier molecular flexibility index (Phi) is 3.71. The van der Waals surface area contributed by atoms with Crippen molar-refractivity contribution in [3.05, 3.63) is 64.2 Å². The molecule has 1 unspecified atom stereocenters. The Morgan fingerprint density at radius 1 is 1.19 bits per heavy atom. The summed E-state index contributed by atoms with van der Waals surface area (Å²) in [6.45, 7) is 6.83. The first-order chi connectivity index (χ1) is 9.99. The molecule has 0 saturated carbocycles. The zero-order valence-corrected chi connectivity index (χ0v) is 13.7. The van der Waals surface area contributed by atoms with Crippen LogP contribution in [0.5, 0.6) is 0 Å². The van der Waals surface area contributed by atoms with Crippen LogP contribution in [0.1, 0.15) is 43.5 Å². The lowest BCUT2D eigenvalue weighted by Gasteiger charge is -2.29. The Labute approximate surface area is 132 Å². The first kappa shape index (κ1) is 14.5. The Morgan fingerprint density at radius 2 is 2.00 bits per heavy atom. The maximum atomic E-state index is 6.20. The number of hydrogen-bond acceptors (Lipinski definition) is 1. The Hall–Kier alpha value is -1.47. The minimum absolute atomic E-state index is 0.190. The Bertz CT molecular complexity index is 660. The summed E-state index contributed by atoms with van der Waals surface area (Å²) >= 11 is 6.20. The highest BCUT2D eigenvalue weighted by atomic mass is 35.5. The standard InChI is InChI=1S/C19H22ClN/c1-4-13-6-5-7-16(10-13)21-18-17-11-15(20)9-8-14(17)12-19(18,2)3/h5-11,18,21H,4,12H2,1-3H3. The third-order valence-corrected chi connectivity index (χ3v) is 4.73. The van der Waals surface area contributed by atoms with Gasteiger partial charge in [-0.3, -0.25) is 0 Å². The lowest BCUT2D eigenvalue weighted by Crippen LogP contribution is -2.24. The van der Waals surface area contributed by atoms with Crippen molar-refractivity contribution in [1.82, 2.24) is 0 Å². The van der Waals surface area contributed by atoms with Crippen LogP contribution in [0.15, 0.2) is 42.5 Å². The topological polar surface area (TPSA) is 12.0 Å². The fraction of sp³-hybridized carbons (Fsp3) is 0.368. The van der Waals surface area contributed by atoms with Crippen molar-refractivity contribution in [3.63, 3.8) is 0 Å². The summed E-state index contributed by atoms with van der Waals surface area (Å²) in [5, 5.41) is 4.55. The van der Waals surface area contributed by atoms with Gasteiger partial charge in [-0.15, -0.1) is 0 Å². The molecule has 110 valence electrons. The van der Waals surface area contributed by atoms with E-state index in [0.717, 1.165) is 17.9 Å². The van der Waals surface area contributed by atoms with Crippen LogP contribution in [-0.2, 0) is 12.8 Å². The molecule has 0 radical (unpaired) electrons. The number of rotatable bonds is 3. The first-order valence-electron chi connectivity index (χ1n) is 7.63. The van der Waals surface area contributed by atoms with Gasteiger partial charge in [-0.2, -0.15) is 0 Å². The number of fused-ring (bicyclic) bond motifs is 1. The lowest BCUT2D eigenvalue weighted by atomic mass is 9.85. The molecule has 0 aromatic heterocycles. The van der Waals surface area contributed by atoms with Crippen molar-refractivity contribution in [2.45, 2.75) is 39.7 Å². The van der Waals surface area contributed by atoms with Gasteiger partial charge in [0, 0.05) is 10.7 Å². The molecule has 1 aliphatic carbocycles. The minimum atomic E-state index is 0.190. The minimum Gasteiger partial charge on any atom is -0.378 e. The van der Waals surface area contributed by atoms with E-state index in [-0.39, 0.29) is 5.41 Å². The summed E-state index contributed by atoms with van der Waals surface area (Å²) in [6, 6.07) is 15.3. The van der Waals surface area contributed by atoms with Gasteiger partial charge in [0.15, 0.2) is 0 Å². The molecule has 2 aromatic rings. The fourth-order valence-corrected chi connectivity index (χ4v) is 3.51. The zero-order chi connectivity index (χ0) is 15.0. The highest BCUT2D eigenvalue weighted by molar-refractivity contribution is 6.30. The highest BCUT2D eigenvalue weighted by Gasteiger charge is 2.38. The van der Waals surface area contributed by atoms with Crippen molar-refractivity contribution >= 4 is 17.3 Å². The molecule has 0 amide bonds. The number of hydrogen-bond donors (Lipinski definition) is 1. The SMILES string of the molecule is CCc1cccc(NC2c3cc(Cl)ccc3CC2(C)C)c1. The van der Waals surface area contributed by atoms with Crippen LogP contribution in [0.3, 0.4) is 0 Å². The highest BCUT2D eigenvalue weighted by Crippen LogP contribution is 2.47. The summed E-state index contributed by atoms with van der Waals surface area (Å²) in [6.07, 6.45) is 2.15. The van der Waals surface area contributed by atoms with Crippen molar-refractivity contribution in [2.24, 2.45) is 5.41 Å². The molecular formula is C19H22ClN. The van der Waals surface area contributed by atoms with Crippen molar-refractivity contribution in [1.29, 1.82) is 0 Å². The van der Waals surface area contributed by atoms with Crippen molar-refractivity contribution in [2.75, 3.05) is 5.32 Å². The van der Waals surface area contributed by atoms with Crippen LogP contribution in [-0.4, -0.2) is 0 Å². The maximum Gasteiger partial charge on any atom is 0.0571 e. The van der Waals surface area contributed by atoms with Gasteiger partial charge in [-0.25, -0.2) is 0 Å². The van der Waals surface area contributed by atoms with E-state index in [9.17, 15) is 0 Å². The first-order valence-corrected chi connectivity index (χ1v) is 8.01. The third-order valence-electron chi connectivity index (χ3n) is 4.49. The molecule has 0 bridgehead atoms. The van der Waals surface area contributed by atoms with Gasteiger partial charge in [0.25, 0.3) is 0 Å². The van der Waals surface area contributed by atoms with Crippen LogP contribution in [0, 0.1) is 5.41 Å². The van der Waals surface area contributed by atoms with Crippen LogP contribution < -0.4 is 5.32 Å². The predicted octanol–water partition coefficient (Wildman–Crippen LogP) is 5.64. The summed E-state index contributed by atoms with van der Waals surface area (Å²) in [7, 11) is 0. The molecule has 3 rings (SSSR count). The molecular weight excluding hydrogens is 278 g/mol. The van der Waals surface area contributed by atoms with E-state index >= 15 is 0 Å². The normalized spacial score (nSPS) is 19.3. The molecule has 0 heterocycles.